The molecule has 0 aliphatic heterocycles. The van der Waals surface area contributed by atoms with Gasteiger partial charge in [-0.2, -0.15) is 0 Å². The lowest BCUT2D eigenvalue weighted by Gasteiger charge is -2.25. The van der Waals surface area contributed by atoms with E-state index in [9.17, 15) is 14.7 Å². The van der Waals surface area contributed by atoms with Crippen molar-refractivity contribution in [3.63, 3.8) is 0 Å². The third-order valence-corrected chi connectivity index (χ3v) is 2.90. The SMILES string of the molecule is CCOC(=O)/C=C(\C(=O)OCC)C(C)(O)c1ccccc1. The summed E-state index contributed by atoms with van der Waals surface area (Å²) in [5.74, 6) is -1.45. The van der Waals surface area contributed by atoms with Crippen LogP contribution in [0.5, 0.6) is 0 Å². The number of rotatable bonds is 6. The number of hydrogen-bond acceptors (Lipinski definition) is 5. The minimum absolute atomic E-state index is 0.143. The van der Waals surface area contributed by atoms with Crippen molar-refractivity contribution in [3.05, 3.63) is 47.5 Å². The molecule has 0 aromatic heterocycles. The van der Waals surface area contributed by atoms with E-state index in [1.54, 1.807) is 44.2 Å². The Hall–Kier alpha value is -2.14. The van der Waals surface area contributed by atoms with E-state index >= 15 is 0 Å². The molecule has 0 saturated carbocycles. The molecule has 0 spiro atoms. The van der Waals surface area contributed by atoms with Crippen LogP contribution in [0.3, 0.4) is 0 Å². The van der Waals surface area contributed by atoms with Crippen molar-refractivity contribution in [2.75, 3.05) is 13.2 Å². The lowest BCUT2D eigenvalue weighted by Crippen LogP contribution is -2.31. The van der Waals surface area contributed by atoms with Gasteiger partial charge in [-0.25, -0.2) is 9.59 Å². The van der Waals surface area contributed by atoms with Crippen molar-refractivity contribution < 1.29 is 24.2 Å². The van der Waals surface area contributed by atoms with Gasteiger partial charge in [0.05, 0.1) is 18.8 Å². The van der Waals surface area contributed by atoms with Crippen molar-refractivity contribution >= 4 is 11.9 Å². The summed E-state index contributed by atoms with van der Waals surface area (Å²) in [7, 11) is 0. The van der Waals surface area contributed by atoms with Gasteiger partial charge >= 0.3 is 11.9 Å². The molecule has 5 nitrogen and oxygen atoms in total. The monoisotopic (exact) mass is 292 g/mol. The Balaban J connectivity index is 3.23. The topological polar surface area (TPSA) is 72.8 Å². The van der Waals surface area contributed by atoms with E-state index < -0.39 is 17.5 Å². The summed E-state index contributed by atoms with van der Waals surface area (Å²) in [4.78, 5) is 23.7. The Morgan fingerprint density at radius 3 is 2.24 bits per heavy atom. The van der Waals surface area contributed by atoms with Crippen molar-refractivity contribution in [3.8, 4) is 0 Å². The molecule has 0 aliphatic carbocycles. The van der Waals surface area contributed by atoms with Crippen LogP contribution in [0, 0.1) is 0 Å². The first-order valence-corrected chi connectivity index (χ1v) is 6.77. The molecule has 1 unspecified atom stereocenters. The average molecular weight is 292 g/mol. The fourth-order valence-electron chi connectivity index (χ4n) is 1.83. The standard InChI is InChI=1S/C16H20O5/c1-4-20-14(17)11-13(15(18)21-5-2)16(3,19)12-9-7-6-8-10-12/h6-11,19H,4-5H2,1-3H3/b13-11+. The Morgan fingerprint density at radius 1 is 1.14 bits per heavy atom. The number of benzene rings is 1. The number of hydrogen-bond donors (Lipinski definition) is 1. The van der Waals surface area contributed by atoms with Crippen LogP contribution in [0.25, 0.3) is 0 Å². The van der Waals surface area contributed by atoms with E-state index in [4.69, 9.17) is 9.47 Å². The molecule has 0 bridgehead atoms. The van der Waals surface area contributed by atoms with Crippen LogP contribution in [0.2, 0.25) is 0 Å². The Labute approximate surface area is 124 Å². The van der Waals surface area contributed by atoms with Crippen molar-refractivity contribution in [2.24, 2.45) is 0 Å². The fraction of sp³-hybridized carbons (Fsp3) is 0.375. The van der Waals surface area contributed by atoms with Crippen molar-refractivity contribution in [1.29, 1.82) is 0 Å². The van der Waals surface area contributed by atoms with Crippen molar-refractivity contribution in [1.82, 2.24) is 0 Å². The van der Waals surface area contributed by atoms with E-state index in [0.717, 1.165) is 6.08 Å². The summed E-state index contributed by atoms with van der Waals surface area (Å²) in [6.07, 6.45) is 0.981. The zero-order valence-electron chi connectivity index (χ0n) is 12.5. The van der Waals surface area contributed by atoms with Gasteiger partial charge in [0.25, 0.3) is 0 Å². The molecule has 1 rings (SSSR count). The van der Waals surface area contributed by atoms with Gasteiger partial charge in [0, 0.05) is 6.08 Å². The van der Waals surface area contributed by atoms with Gasteiger partial charge in [-0.3, -0.25) is 0 Å². The number of esters is 2. The van der Waals surface area contributed by atoms with E-state index in [1.165, 1.54) is 6.92 Å². The molecule has 1 aromatic rings. The molecule has 0 radical (unpaired) electrons. The van der Waals surface area contributed by atoms with Gasteiger partial charge in [-0.15, -0.1) is 0 Å². The van der Waals surface area contributed by atoms with Gasteiger partial charge in [0.15, 0.2) is 0 Å². The minimum Gasteiger partial charge on any atom is -0.463 e. The van der Waals surface area contributed by atoms with Crippen LogP contribution in [0.15, 0.2) is 42.0 Å². The quantitative estimate of drug-likeness (QED) is 0.641. The molecule has 0 saturated heterocycles. The molecule has 0 fully saturated rings. The number of aliphatic hydroxyl groups is 1. The Kier molecular flexibility index (Phi) is 6.11. The molecule has 1 N–H and O–H groups in total. The maximum absolute atomic E-state index is 12.0. The molecule has 1 aromatic carbocycles. The highest BCUT2D eigenvalue weighted by Crippen LogP contribution is 2.29. The minimum atomic E-state index is -1.65. The summed E-state index contributed by atoms with van der Waals surface area (Å²) in [5.41, 5.74) is -1.33. The van der Waals surface area contributed by atoms with E-state index in [1.807, 2.05) is 0 Å². The summed E-state index contributed by atoms with van der Waals surface area (Å²) in [6.45, 7) is 5.06. The first-order valence-electron chi connectivity index (χ1n) is 6.77. The van der Waals surface area contributed by atoms with Crippen LogP contribution in [-0.4, -0.2) is 30.3 Å². The van der Waals surface area contributed by atoms with Crippen molar-refractivity contribution in [2.45, 2.75) is 26.4 Å². The second-order valence-corrected chi connectivity index (χ2v) is 4.47. The molecule has 0 amide bonds. The van der Waals surface area contributed by atoms with Gasteiger partial charge in [-0.05, 0) is 26.3 Å². The van der Waals surface area contributed by atoms with Crippen LogP contribution < -0.4 is 0 Å². The molecular weight excluding hydrogens is 272 g/mol. The molecular formula is C16H20O5. The lowest BCUT2D eigenvalue weighted by molar-refractivity contribution is -0.143. The summed E-state index contributed by atoms with van der Waals surface area (Å²) in [6, 6.07) is 8.59. The van der Waals surface area contributed by atoms with Gasteiger partial charge in [0.1, 0.15) is 5.60 Å². The Morgan fingerprint density at radius 2 is 1.71 bits per heavy atom. The molecule has 0 aliphatic rings. The highest BCUT2D eigenvalue weighted by atomic mass is 16.5. The van der Waals surface area contributed by atoms with Crippen LogP contribution >= 0.6 is 0 Å². The highest BCUT2D eigenvalue weighted by Gasteiger charge is 2.34. The predicted molar refractivity (Wildman–Crippen MR) is 77.4 cm³/mol. The smallest absolute Gasteiger partial charge is 0.337 e. The largest absolute Gasteiger partial charge is 0.463 e. The van der Waals surface area contributed by atoms with Gasteiger partial charge in [-0.1, -0.05) is 30.3 Å². The van der Waals surface area contributed by atoms with Gasteiger partial charge < -0.3 is 14.6 Å². The first-order chi connectivity index (χ1) is 9.93. The fourth-order valence-corrected chi connectivity index (χ4v) is 1.83. The maximum Gasteiger partial charge on any atom is 0.337 e. The molecule has 114 valence electrons. The third-order valence-electron chi connectivity index (χ3n) is 2.90. The number of ether oxygens (including phenoxy) is 2. The summed E-state index contributed by atoms with van der Waals surface area (Å²) in [5, 5.41) is 10.7. The molecule has 21 heavy (non-hydrogen) atoms. The number of carbonyl (C=O) groups is 2. The van der Waals surface area contributed by atoms with E-state index in [2.05, 4.69) is 0 Å². The maximum atomic E-state index is 12.0. The lowest BCUT2D eigenvalue weighted by atomic mass is 9.87. The highest BCUT2D eigenvalue weighted by molar-refractivity contribution is 5.98. The average Bonchev–Trinajstić information content (AvgIpc) is 2.46. The first kappa shape index (κ1) is 16.9. The molecule has 1 atom stereocenters. The Bertz CT molecular complexity index is 517. The normalized spacial score (nSPS) is 14.2. The van der Waals surface area contributed by atoms with Crippen LogP contribution in [0.1, 0.15) is 26.3 Å². The number of carbonyl (C=O) groups excluding carboxylic acids is 2. The second kappa shape index (κ2) is 7.59. The third kappa shape index (κ3) is 4.43. The zero-order valence-corrected chi connectivity index (χ0v) is 12.5. The van der Waals surface area contributed by atoms with E-state index in [0.29, 0.717) is 5.56 Å². The van der Waals surface area contributed by atoms with Crippen LogP contribution in [-0.2, 0) is 24.7 Å². The molecule has 0 heterocycles. The van der Waals surface area contributed by atoms with E-state index in [-0.39, 0.29) is 18.8 Å². The summed E-state index contributed by atoms with van der Waals surface area (Å²) < 4.78 is 9.71. The predicted octanol–water partition coefficient (Wildman–Crippen LogP) is 1.95. The summed E-state index contributed by atoms with van der Waals surface area (Å²) >= 11 is 0. The second-order valence-electron chi connectivity index (χ2n) is 4.47. The van der Waals surface area contributed by atoms with Gasteiger partial charge in [0.2, 0.25) is 0 Å². The molecule has 5 heteroatoms. The van der Waals surface area contributed by atoms with Crippen LogP contribution in [0.4, 0.5) is 0 Å². The zero-order chi connectivity index (χ0) is 15.9.